The monoisotopic (exact) mass is 458 g/mol. The molecule has 5 heteroatoms. The standard InChI is InChI=1S/C8H7O4.3C4H9.Sn/c1-4-3-6(10)7(5(2)9)8(11)12-4;3*1-3-4-2;/h10H,1-2H3;3*1,3-4H2,2H3;. The number of ketones is 1. The van der Waals surface area contributed by atoms with Crippen molar-refractivity contribution >= 4 is 27.7 Å². The molecule has 142 valence electrons. The molecule has 4 nitrogen and oxygen atoms in total. The number of aryl methyl sites for hydroxylation is 1. The molecule has 0 saturated carbocycles. The van der Waals surface area contributed by atoms with Gasteiger partial charge in [-0.15, -0.1) is 0 Å². The van der Waals surface area contributed by atoms with Gasteiger partial charge < -0.3 is 0 Å². The number of Topliss-reactive ketones (excluding diaryl/α,β-unsaturated/α-hetero) is 1. The van der Waals surface area contributed by atoms with E-state index in [1.165, 1.54) is 6.92 Å². The van der Waals surface area contributed by atoms with Gasteiger partial charge in [-0.3, -0.25) is 0 Å². The van der Waals surface area contributed by atoms with Gasteiger partial charge in [-0.1, -0.05) is 0 Å². The third-order valence-electron chi connectivity index (χ3n) is 5.18. The van der Waals surface area contributed by atoms with E-state index in [0.717, 1.165) is 55.4 Å². The molecule has 0 saturated heterocycles. The third-order valence-corrected chi connectivity index (χ3v) is 21.1. The van der Waals surface area contributed by atoms with E-state index >= 15 is 0 Å². The van der Waals surface area contributed by atoms with Crippen LogP contribution in [0.4, 0.5) is 0 Å². The molecule has 0 bridgehead atoms. The summed E-state index contributed by atoms with van der Waals surface area (Å²) in [6, 6.07) is 0. The molecule has 0 radical (unpaired) electrons. The predicted octanol–water partition coefficient (Wildman–Crippen LogP) is 4.91. The van der Waals surface area contributed by atoms with E-state index in [9.17, 15) is 14.7 Å². The maximum absolute atomic E-state index is 12.1. The van der Waals surface area contributed by atoms with Crippen LogP contribution < -0.4 is 9.20 Å². The van der Waals surface area contributed by atoms with Gasteiger partial charge in [0, 0.05) is 0 Å². The van der Waals surface area contributed by atoms with Crippen LogP contribution in [-0.4, -0.2) is 29.3 Å². The van der Waals surface area contributed by atoms with E-state index in [1.54, 1.807) is 6.92 Å². The maximum atomic E-state index is 12.1. The second kappa shape index (κ2) is 10.4. The normalized spacial score (nSPS) is 11.7. The van der Waals surface area contributed by atoms with Gasteiger partial charge in [0.25, 0.3) is 0 Å². The molecule has 1 heterocycles. The first kappa shape index (κ1) is 22.3. The topological polar surface area (TPSA) is 67.5 Å². The van der Waals surface area contributed by atoms with Crippen molar-refractivity contribution in [3.8, 4) is 5.75 Å². The summed E-state index contributed by atoms with van der Waals surface area (Å²) in [5, 5.41) is 10.9. The van der Waals surface area contributed by atoms with Crippen LogP contribution in [0.3, 0.4) is 0 Å². The first-order valence-electron chi connectivity index (χ1n) is 9.72. The number of carbonyl (C=O) groups is 1. The Morgan fingerprint density at radius 3 is 1.80 bits per heavy atom. The minimum atomic E-state index is -2.99. The Morgan fingerprint density at radius 2 is 1.44 bits per heavy atom. The van der Waals surface area contributed by atoms with E-state index < -0.39 is 29.8 Å². The Hall–Kier alpha value is -0.781. The Bertz CT molecular complexity index is 612. The summed E-state index contributed by atoms with van der Waals surface area (Å²) in [6.07, 6.45) is 6.76. The van der Waals surface area contributed by atoms with Gasteiger partial charge in [-0.05, 0) is 0 Å². The van der Waals surface area contributed by atoms with Crippen LogP contribution in [0.15, 0.2) is 9.21 Å². The molecule has 1 aromatic heterocycles. The number of unbranched alkanes of at least 4 members (excludes halogenated alkanes) is 3. The Balaban J connectivity index is 3.63. The number of hydrogen-bond acceptors (Lipinski definition) is 4. The zero-order valence-corrected chi connectivity index (χ0v) is 19.4. The molecule has 1 rings (SSSR count). The first-order valence-corrected chi connectivity index (χ1v) is 17.2. The molecule has 25 heavy (non-hydrogen) atoms. The van der Waals surface area contributed by atoms with Crippen molar-refractivity contribution in [2.75, 3.05) is 0 Å². The SMILES string of the molecule is CCC[CH2][Sn]([CH2]CCC)([CH2]CCC)[c]1c(C)oc(=O)c(C(C)=O)c1O. The fraction of sp³-hybridized carbons (Fsp3) is 0.700. The zero-order chi connectivity index (χ0) is 19.0. The summed E-state index contributed by atoms with van der Waals surface area (Å²) in [5.74, 6) is 0.0844. The summed E-state index contributed by atoms with van der Waals surface area (Å²) in [4.78, 5) is 24.0. The third kappa shape index (κ3) is 5.35. The molecule has 0 fully saturated rings. The Labute approximate surface area is 155 Å². The number of hydrogen-bond donors (Lipinski definition) is 1. The molecule has 0 aliphatic carbocycles. The Kier molecular flexibility index (Phi) is 9.25. The molecule has 1 aromatic rings. The van der Waals surface area contributed by atoms with E-state index in [2.05, 4.69) is 20.8 Å². The van der Waals surface area contributed by atoms with Gasteiger partial charge in [0.2, 0.25) is 0 Å². The van der Waals surface area contributed by atoms with E-state index in [0.29, 0.717) is 5.76 Å². The van der Waals surface area contributed by atoms with E-state index in [-0.39, 0.29) is 11.3 Å². The second-order valence-electron chi connectivity index (χ2n) is 7.19. The predicted molar refractivity (Wildman–Crippen MR) is 106 cm³/mol. The van der Waals surface area contributed by atoms with Crippen molar-refractivity contribution in [1.82, 2.24) is 0 Å². The minimum absolute atomic E-state index is 0.0552. The van der Waals surface area contributed by atoms with Gasteiger partial charge in [0.05, 0.1) is 0 Å². The summed E-state index contributed by atoms with van der Waals surface area (Å²) < 4.78 is 9.77. The average molecular weight is 457 g/mol. The van der Waals surface area contributed by atoms with Crippen LogP contribution in [0, 0.1) is 6.92 Å². The zero-order valence-electron chi connectivity index (χ0n) is 16.5. The summed E-state index contributed by atoms with van der Waals surface area (Å²) in [5.41, 5.74) is -0.848. The fourth-order valence-electron chi connectivity index (χ4n) is 3.86. The van der Waals surface area contributed by atoms with Crippen LogP contribution >= 0.6 is 0 Å². The molecule has 0 amide bonds. The van der Waals surface area contributed by atoms with Crippen LogP contribution in [0.5, 0.6) is 5.75 Å². The molecule has 1 N–H and O–H groups in total. The Morgan fingerprint density at radius 1 is 1.00 bits per heavy atom. The van der Waals surface area contributed by atoms with Crippen molar-refractivity contribution < 1.29 is 14.3 Å². The second-order valence-corrected chi connectivity index (χ2v) is 20.2. The van der Waals surface area contributed by atoms with Crippen LogP contribution in [0.2, 0.25) is 13.3 Å². The first-order chi connectivity index (χ1) is 11.8. The van der Waals surface area contributed by atoms with Crippen LogP contribution in [-0.2, 0) is 0 Å². The summed E-state index contributed by atoms with van der Waals surface area (Å²) >= 11 is -2.99. The van der Waals surface area contributed by atoms with E-state index in [1.807, 2.05) is 0 Å². The molecular formula is C20H34O4Sn. The molecule has 0 spiro atoms. The molecule has 0 atom stereocenters. The van der Waals surface area contributed by atoms with Gasteiger partial charge >= 0.3 is 156 Å². The van der Waals surface area contributed by atoms with E-state index in [4.69, 9.17) is 4.42 Å². The van der Waals surface area contributed by atoms with Gasteiger partial charge in [-0.25, -0.2) is 0 Å². The molecule has 0 aliphatic rings. The van der Waals surface area contributed by atoms with Crippen molar-refractivity contribution in [2.45, 2.75) is 86.5 Å². The average Bonchev–Trinajstić information content (AvgIpc) is 2.54. The number of aromatic hydroxyl groups is 1. The number of carbonyl (C=O) groups excluding carboxylic acids is 1. The van der Waals surface area contributed by atoms with Gasteiger partial charge in [0.15, 0.2) is 0 Å². The summed E-state index contributed by atoms with van der Waals surface area (Å²) in [6.45, 7) is 9.68. The number of rotatable bonds is 11. The van der Waals surface area contributed by atoms with Crippen molar-refractivity contribution in [3.05, 3.63) is 21.7 Å². The molecule has 0 aliphatic heterocycles. The summed E-state index contributed by atoms with van der Waals surface area (Å²) in [7, 11) is 0. The molecule has 0 aromatic carbocycles. The molecular weight excluding hydrogens is 423 g/mol. The quantitative estimate of drug-likeness (QED) is 0.379. The van der Waals surface area contributed by atoms with Gasteiger partial charge in [-0.2, -0.15) is 0 Å². The molecule has 0 unspecified atom stereocenters. The van der Waals surface area contributed by atoms with Gasteiger partial charge in [0.1, 0.15) is 0 Å². The van der Waals surface area contributed by atoms with Crippen molar-refractivity contribution in [2.24, 2.45) is 0 Å². The van der Waals surface area contributed by atoms with Crippen molar-refractivity contribution in [3.63, 3.8) is 0 Å². The van der Waals surface area contributed by atoms with Crippen LogP contribution in [0.1, 0.15) is 82.3 Å². The van der Waals surface area contributed by atoms with Crippen LogP contribution in [0.25, 0.3) is 0 Å². The fourth-order valence-corrected chi connectivity index (χ4v) is 21.0. The van der Waals surface area contributed by atoms with Crippen molar-refractivity contribution in [1.29, 1.82) is 0 Å².